The summed E-state index contributed by atoms with van der Waals surface area (Å²) in [6.07, 6.45) is 2.98. The van der Waals surface area contributed by atoms with Crippen LogP contribution in [0.15, 0.2) is 42.6 Å². The minimum absolute atomic E-state index is 0.137. The Labute approximate surface area is 134 Å². The predicted molar refractivity (Wildman–Crippen MR) is 86.3 cm³/mol. The lowest BCUT2D eigenvalue weighted by Crippen LogP contribution is -2.26. The lowest BCUT2D eigenvalue weighted by atomic mass is 10.2. The monoisotopic (exact) mass is 315 g/mol. The molecule has 1 aliphatic rings. The molecule has 6 heteroatoms. The van der Waals surface area contributed by atoms with E-state index in [2.05, 4.69) is 22.1 Å². The van der Waals surface area contributed by atoms with Crippen molar-refractivity contribution in [2.75, 3.05) is 16.8 Å². The molecule has 0 unspecified atom stereocenters. The maximum atomic E-state index is 14.2. The highest BCUT2D eigenvalue weighted by atomic mass is 19.1. The van der Waals surface area contributed by atoms with E-state index in [0.717, 1.165) is 25.1 Å². The molecular weight excluding hydrogens is 297 g/mol. The average molecular weight is 315 g/mol. The number of hydrogen-bond acceptors (Lipinski definition) is 4. The molecule has 1 aromatic heterocycles. The second-order valence-corrected chi connectivity index (χ2v) is 5.54. The molecule has 0 spiro atoms. The van der Waals surface area contributed by atoms with Gasteiger partial charge in [0, 0.05) is 18.7 Å². The number of nitrogens with zero attached hydrogens (tertiary/aromatic N) is 2. The number of pyridine rings is 1. The van der Waals surface area contributed by atoms with Crippen molar-refractivity contribution >= 4 is 17.6 Å². The molecule has 1 fully saturated rings. The van der Waals surface area contributed by atoms with E-state index in [0.29, 0.717) is 11.8 Å². The van der Waals surface area contributed by atoms with Crippen LogP contribution in [0.2, 0.25) is 0 Å². The molecule has 0 bridgehead atoms. The SMILES string of the molecule is C[C@@H]1CCCN1c1cnc(NC(=O)Oc2ccccc2)c(F)c1. The Morgan fingerprint density at radius 3 is 2.83 bits per heavy atom. The van der Waals surface area contributed by atoms with E-state index in [1.54, 1.807) is 30.5 Å². The van der Waals surface area contributed by atoms with Gasteiger partial charge in [-0.15, -0.1) is 0 Å². The lowest BCUT2D eigenvalue weighted by Gasteiger charge is -2.23. The van der Waals surface area contributed by atoms with Gasteiger partial charge in [0.15, 0.2) is 11.6 Å². The summed E-state index contributed by atoms with van der Waals surface area (Å²) < 4.78 is 19.2. The van der Waals surface area contributed by atoms with E-state index in [4.69, 9.17) is 4.74 Å². The van der Waals surface area contributed by atoms with Crippen LogP contribution in [-0.4, -0.2) is 23.7 Å². The summed E-state index contributed by atoms with van der Waals surface area (Å²) in [4.78, 5) is 17.9. The Morgan fingerprint density at radius 2 is 2.17 bits per heavy atom. The first kappa shape index (κ1) is 15.3. The molecular formula is C17H18FN3O2. The molecule has 1 saturated heterocycles. The maximum absolute atomic E-state index is 14.2. The van der Waals surface area contributed by atoms with E-state index < -0.39 is 11.9 Å². The van der Waals surface area contributed by atoms with Crippen molar-refractivity contribution in [2.45, 2.75) is 25.8 Å². The van der Waals surface area contributed by atoms with E-state index >= 15 is 0 Å². The van der Waals surface area contributed by atoms with Crippen LogP contribution in [-0.2, 0) is 0 Å². The smallest absolute Gasteiger partial charge is 0.410 e. The molecule has 0 saturated carbocycles. The van der Waals surface area contributed by atoms with Crippen LogP contribution in [0.3, 0.4) is 0 Å². The largest absolute Gasteiger partial charge is 0.418 e. The fourth-order valence-electron chi connectivity index (χ4n) is 2.71. The summed E-state index contributed by atoms with van der Waals surface area (Å²) in [5, 5.41) is 2.32. The number of rotatable bonds is 3. The molecule has 2 aromatic rings. The number of carbonyl (C=O) groups is 1. The third-order valence-electron chi connectivity index (χ3n) is 3.89. The molecule has 1 atom stereocenters. The van der Waals surface area contributed by atoms with Crippen LogP contribution in [0.1, 0.15) is 19.8 Å². The average Bonchev–Trinajstić information content (AvgIpc) is 2.96. The molecule has 0 aliphatic carbocycles. The molecule has 3 rings (SSSR count). The summed E-state index contributed by atoms with van der Waals surface area (Å²) in [7, 11) is 0. The molecule has 120 valence electrons. The molecule has 1 aliphatic heterocycles. The van der Waals surface area contributed by atoms with E-state index in [1.807, 2.05) is 6.07 Å². The number of carbonyl (C=O) groups excluding carboxylic acids is 1. The summed E-state index contributed by atoms with van der Waals surface area (Å²) in [6.45, 7) is 3.00. The van der Waals surface area contributed by atoms with Crippen molar-refractivity contribution in [3.63, 3.8) is 0 Å². The first-order valence-corrected chi connectivity index (χ1v) is 7.59. The molecule has 23 heavy (non-hydrogen) atoms. The van der Waals surface area contributed by atoms with Gasteiger partial charge in [-0.2, -0.15) is 0 Å². The number of ether oxygens (including phenoxy) is 1. The zero-order valence-electron chi connectivity index (χ0n) is 12.8. The van der Waals surface area contributed by atoms with Gasteiger partial charge in [-0.25, -0.2) is 14.2 Å². The van der Waals surface area contributed by atoms with Crippen LogP contribution >= 0.6 is 0 Å². The topological polar surface area (TPSA) is 54.5 Å². The molecule has 2 heterocycles. The van der Waals surface area contributed by atoms with Gasteiger partial charge in [0.05, 0.1) is 11.9 Å². The second-order valence-electron chi connectivity index (χ2n) is 5.54. The van der Waals surface area contributed by atoms with Gasteiger partial charge < -0.3 is 9.64 Å². The fourth-order valence-corrected chi connectivity index (χ4v) is 2.71. The zero-order chi connectivity index (χ0) is 16.2. The van der Waals surface area contributed by atoms with Crippen molar-refractivity contribution in [3.05, 3.63) is 48.4 Å². The van der Waals surface area contributed by atoms with Gasteiger partial charge in [-0.1, -0.05) is 18.2 Å². The molecule has 1 aromatic carbocycles. The molecule has 0 radical (unpaired) electrons. The van der Waals surface area contributed by atoms with Crippen molar-refractivity contribution in [1.29, 1.82) is 0 Å². The van der Waals surface area contributed by atoms with Crippen LogP contribution in [0.25, 0.3) is 0 Å². The highest BCUT2D eigenvalue weighted by molar-refractivity contribution is 5.85. The fraction of sp³-hybridized carbons (Fsp3) is 0.294. The van der Waals surface area contributed by atoms with Crippen molar-refractivity contribution in [3.8, 4) is 5.75 Å². The van der Waals surface area contributed by atoms with Gasteiger partial charge in [0.1, 0.15) is 5.75 Å². The summed E-state index contributed by atoms with van der Waals surface area (Å²) >= 11 is 0. The Hall–Kier alpha value is -2.63. The first-order chi connectivity index (χ1) is 11.1. The predicted octanol–water partition coefficient (Wildman–Crippen LogP) is 3.82. The van der Waals surface area contributed by atoms with E-state index in [1.165, 1.54) is 6.07 Å². The van der Waals surface area contributed by atoms with Gasteiger partial charge in [-0.05, 0) is 31.9 Å². The summed E-state index contributed by atoms with van der Waals surface area (Å²) in [5.74, 6) is -0.332. The Balaban J connectivity index is 1.67. The molecule has 1 N–H and O–H groups in total. The number of halogens is 1. The number of aromatic nitrogens is 1. The van der Waals surface area contributed by atoms with Crippen LogP contribution in [0, 0.1) is 5.82 Å². The number of hydrogen-bond donors (Lipinski definition) is 1. The standard InChI is InChI=1S/C17H18FN3O2/c1-12-6-5-9-21(12)13-10-15(18)16(19-11-13)20-17(22)23-14-7-3-2-4-8-14/h2-4,7-8,10-12H,5-6,9H2,1H3,(H,19,20,22)/t12-/m1/s1. The number of anilines is 2. The van der Waals surface area contributed by atoms with E-state index in [-0.39, 0.29) is 5.82 Å². The Kier molecular flexibility index (Phi) is 4.41. The number of para-hydroxylation sites is 1. The quantitative estimate of drug-likeness (QED) is 0.935. The van der Waals surface area contributed by atoms with Gasteiger partial charge in [0.25, 0.3) is 0 Å². The van der Waals surface area contributed by atoms with Crippen molar-refractivity contribution < 1.29 is 13.9 Å². The van der Waals surface area contributed by atoms with Gasteiger partial charge in [-0.3, -0.25) is 5.32 Å². The normalized spacial score (nSPS) is 17.1. The second kappa shape index (κ2) is 6.64. The number of nitrogens with one attached hydrogen (secondary N) is 1. The summed E-state index contributed by atoms with van der Waals surface area (Å²) in [6, 6.07) is 10.3. The lowest BCUT2D eigenvalue weighted by molar-refractivity contribution is 0.215. The third-order valence-corrected chi connectivity index (χ3v) is 3.89. The van der Waals surface area contributed by atoms with Gasteiger partial charge in [0.2, 0.25) is 0 Å². The number of amides is 1. The van der Waals surface area contributed by atoms with Crippen LogP contribution < -0.4 is 15.0 Å². The third kappa shape index (κ3) is 3.59. The van der Waals surface area contributed by atoms with E-state index in [9.17, 15) is 9.18 Å². The van der Waals surface area contributed by atoms with Gasteiger partial charge >= 0.3 is 6.09 Å². The molecule has 5 nitrogen and oxygen atoms in total. The Morgan fingerprint density at radius 1 is 1.39 bits per heavy atom. The zero-order valence-corrected chi connectivity index (χ0v) is 12.8. The highest BCUT2D eigenvalue weighted by Gasteiger charge is 2.22. The summed E-state index contributed by atoms with van der Waals surface area (Å²) in [5.41, 5.74) is 0.731. The molecule has 1 amide bonds. The minimum Gasteiger partial charge on any atom is -0.410 e. The number of benzene rings is 1. The minimum atomic E-state index is -0.773. The Bertz CT molecular complexity index is 693. The van der Waals surface area contributed by atoms with Crippen LogP contribution in [0.4, 0.5) is 20.7 Å². The van der Waals surface area contributed by atoms with Crippen molar-refractivity contribution in [1.82, 2.24) is 4.98 Å². The van der Waals surface area contributed by atoms with Crippen LogP contribution in [0.5, 0.6) is 5.75 Å². The van der Waals surface area contributed by atoms with Crippen molar-refractivity contribution in [2.24, 2.45) is 0 Å². The highest BCUT2D eigenvalue weighted by Crippen LogP contribution is 2.26. The maximum Gasteiger partial charge on any atom is 0.418 e. The first-order valence-electron chi connectivity index (χ1n) is 7.59.